The van der Waals surface area contributed by atoms with Crippen molar-refractivity contribution in [1.29, 1.82) is 0 Å². The highest BCUT2D eigenvalue weighted by Gasteiger charge is 2.15. The number of nitrogens with zero attached hydrogens (tertiary/aromatic N) is 4. The van der Waals surface area contributed by atoms with E-state index >= 15 is 0 Å². The van der Waals surface area contributed by atoms with Crippen LogP contribution in [0.4, 0.5) is 23.1 Å². The fourth-order valence-corrected chi connectivity index (χ4v) is 2.87. The average Bonchev–Trinajstić information content (AvgIpc) is 2.77. The number of rotatable bonds is 5. The molecular formula is C22H16ClN5O. The summed E-state index contributed by atoms with van der Waals surface area (Å²) in [6.07, 6.45) is 5.07. The number of hydrogen-bond donors (Lipinski definition) is 1. The lowest BCUT2D eigenvalue weighted by atomic mass is 10.2. The van der Waals surface area contributed by atoms with E-state index in [1.165, 1.54) is 0 Å². The molecule has 0 atom stereocenters. The van der Waals surface area contributed by atoms with Crippen molar-refractivity contribution in [1.82, 2.24) is 15.0 Å². The first-order valence-corrected chi connectivity index (χ1v) is 9.24. The van der Waals surface area contributed by atoms with Crippen LogP contribution in [0.5, 0.6) is 0 Å². The largest absolute Gasteiger partial charge is 0.322 e. The van der Waals surface area contributed by atoms with Gasteiger partial charge in [-0.2, -0.15) is 0 Å². The highest BCUT2D eigenvalue weighted by atomic mass is 35.5. The Morgan fingerprint density at radius 3 is 2.14 bits per heavy atom. The summed E-state index contributed by atoms with van der Waals surface area (Å²) in [5, 5.41) is 3.46. The van der Waals surface area contributed by atoms with Gasteiger partial charge in [-0.25, -0.2) is 15.0 Å². The minimum absolute atomic E-state index is 0.206. The molecule has 0 aliphatic carbocycles. The molecule has 0 unspecified atom stereocenters. The quantitative estimate of drug-likeness (QED) is 0.494. The van der Waals surface area contributed by atoms with Gasteiger partial charge in [0.15, 0.2) is 0 Å². The summed E-state index contributed by atoms with van der Waals surface area (Å²) in [6.45, 7) is 0. The van der Waals surface area contributed by atoms with Gasteiger partial charge in [-0.15, -0.1) is 0 Å². The molecule has 0 aliphatic rings. The van der Waals surface area contributed by atoms with Gasteiger partial charge in [0.25, 0.3) is 5.91 Å². The number of carbonyl (C=O) groups excluding carboxylic acids is 1. The molecule has 7 heteroatoms. The van der Waals surface area contributed by atoms with Crippen molar-refractivity contribution in [3.8, 4) is 0 Å². The molecule has 29 heavy (non-hydrogen) atoms. The average molecular weight is 402 g/mol. The maximum Gasteiger partial charge on any atom is 0.255 e. The standard InChI is InChI=1S/C22H16ClN5O/c23-17-7-5-16(6-8-17)21(29)27-18-9-11-19(12-10-18)28(20-4-1-2-13-24-20)22-25-14-3-15-26-22/h1-15H,(H,27,29). The van der Waals surface area contributed by atoms with Gasteiger partial charge in [0, 0.05) is 34.9 Å². The Morgan fingerprint density at radius 2 is 1.48 bits per heavy atom. The van der Waals surface area contributed by atoms with Gasteiger partial charge in [0.05, 0.1) is 5.69 Å². The van der Waals surface area contributed by atoms with Crippen molar-refractivity contribution >= 4 is 40.6 Å². The lowest BCUT2D eigenvalue weighted by Gasteiger charge is -2.21. The summed E-state index contributed by atoms with van der Waals surface area (Å²) in [4.78, 5) is 27.3. The lowest BCUT2D eigenvalue weighted by Crippen LogP contribution is -2.15. The van der Waals surface area contributed by atoms with Gasteiger partial charge in [-0.1, -0.05) is 17.7 Å². The minimum atomic E-state index is -0.206. The highest BCUT2D eigenvalue weighted by Crippen LogP contribution is 2.30. The van der Waals surface area contributed by atoms with Crippen LogP contribution in [0, 0.1) is 0 Å². The summed E-state index contributed by atoms with van der Waals surface area (Å²) in [5.41, 5.74) is 2.02. The second-order valence-electron chi connectivity index (χ2n) is 6.08. The summed E-state index contributed by atoms with van der Waals surface area (Å²) < 4.78 is 0. The number of aromatic nitrogens is 3. The minimum Gasteiger partial charge on any atom is -0.322 e. The smallest absolute Gasteiger partial charge is 0.255 e. The third kappa shape index (κ3) is 4.39. The molecule has 4 rings (SSSR count). The molecule has 1 N–H and O–H groups in total. The van der Waals surface area contributed by atoms with Crippen molar-refractivity contribution in [2.45, 2.75) is 0 Å². The van der Waals surface area contributed by atoms with Crippen LogP contribution in [-0.2, 0) is 0 Å². The van der Waals surface area contributed by atoms with Crippen molar-refractivity contribution in [2.75, 3.05) is 10.2 Å². The summed E-state index contributed by atoms with van der Waals surface area (Å²) >= 11 is 5.87. The van der Waals surface area contributed by atoms with E-state index in [1.54, 1.807) is 48.9 Å². The molecule has 4 aromatic rings. The van der Waals surface area contributed by atoms with E-state index in [2.05, 4.69) is 20.3 Å². The highest BCUT2D eigenvalue weighted by molar-refractivity contribution is 6.30. The Morgan fingerprint density at radius 1 is 0.793 bits per heavy atom. The first-order chi connectivity index (χ1) is 14.2. The monoisotopic (exact) mass is 401 g/mol. The number of anilines is 4. The van der Waals surface area contributed by atoms with Gasteiger partial charge in [-0.05, 0) is 66.7 Å². The number of benzene rings is 2. The third-order valence-electron chi connectivity index (χ3n) is 4.12. The molecule has 142 valence electrons. The zero-order valence-electron chi connectivity index (χ0n) is 15.2. The van der Waals surface area contributed by atoms with Crippen LogP contribution >= 0.6 is 11.6 Å². The van der Waals surface area contributed by atoms with E-state index in [0.717, 1.165) is 5.69 Å². The van der Waals surface area contributed by atoms with Crippen LogP contribution in [0.15, 0.2) is 91.4 Å². The maximum atomic E-state index is 12.4. The van der Waals surface area contributed by atoms with E-state index in [4.69, 9.17) is 11.6 Å². The lowest BCUT2D eigenvalue weighted by molar-refractivity contribution is 0.102. The summed E-state index contributed by atoms with van der Waals surface area (Å²) in [6, 6.07) is 21.5. The van der Waals surface area contributed by atoms with Crippen LogP contribution in [0.25, 0.3) is 0 Å². The molecule has 2 aromatic heterocycles. The number of hydrogen-bond acceptors (Lipinski definition) is 5. The van der Waals surface area contributed by atoms with Crippen LogP contribution < -0.4 is 10.2 Å². The van der Waals surface area contributed by atoms with Crippen LogP contribution in [0.2, 0.25) is 5.02 Å². The van der Waals surface area contributed by atoms with E-state index in [9.17, 15) is 4.79 Å². The molecule has 0 aliphatic heterocycles. The normalized spacial score (nSPS) is 10.4. The second kappa shape index (κ2) is 8.50. The molecule has 0 radical (unpaired) electrons. The number of nitrogens with one attached hydrogen (secondary N) is 1. The molecular weight excluding hydrogens is 386 g/mol. The maximum absolute atomic E-state index is 12.4. The molecule has 0 bridgehead atoms. The fraction of sp³-hybridized carbons (Fsp3) is 0. The van der Waals surface area contributed by atoms with Crippen LogP contribution in [0.3, 0.4) is 0 Å². The molecule has 2 heterocycles. The van der Waals surface area contributed by atoms with E-state index < -0.39 is 0 Å². The molecule has 0 spiro atoms. The van der Waals surface area contributed by atoms with E-state index in [-0.39, 0.29) is 5.91 Å². The zero-order valence-corrected chi connectivity index (χ0v) is 16.0. The Labute approximate surface area is 172 Å². The van der Waals surface area contributed by atoms with Gasteiger partial charge >= 0.3 is 0 Å². The zero-order chi connectivity index (χ0) is 20.1. The predicted octanol–water partition coefficient (Wildman–Crippen LogP) is 5.25. The van der Waals surface area contributed by atoms with Crippen molar-refractivity contribution in [2.24, 2.45) is 0 Å². The number of amides is 1. The van der Waals surface area contributed by atoms with Crippen molar-refractivity contribution < 1.29 is 4.79 Å². The van der Waals surface area contributed by atoms with Crippen LogP contribution in [0.1, 0.15) is 10.4 Å². The first kappa shape index (κ1) is 18.6. The topological polar surface area (TPSA) is 71.0 Å². The van der Waals surface area contributed by atoms with Crippen molar-refractivity contribution in [3.63, 3.8) is 0 Å². The summed E-state index contributed by atoms with van der Waals surface area (Å²) in [7, 11) is 0. The number of pyridine rings is 1. The Bertz CT molecular complexity index is 1050. The molecule has 2 aromatic carbocycles. The molecule has 0 fully saturated rings. The molecule has 0 saturated carbocycles. The second-order valence-corrected chi connectivity index (χ2v) is 6.52. The van der Waals surface area contributed by atoms with Gasteiger partial charge in [0.1, 0.15) is 5.82 Å². The molecule has 0 saturated heterocycles. The number of halogens is 1. The fourth-order valence-electron chi connectivity index (χ4n) is 2.74. The predicted molar refractivity (Wildman–Crippen MR) is 114 cm³/mol. The van der Waals surface area contributed by atoms with Crippen LogP contribution in [-0.4, -0.2) is 20.9 Å². The Balaban J connectivity index is 1.59. The summed E-state index contributed by atoms with van der Waals surface area (Å²) in [5.74, 6) is 0.989. The number of carbonyl (C=O) groups is 1. The first-order valence-electron chi connectivity index (χ1n) is 8.86. The van der Waals surface area contributed by atoms with E-state index in [1.807, 2.05) is 47.4 Å². The van der Waals surface area contributed by atoms with E-state index in [0.29, 0.717) is 28.0 Å². The van der Waals surface area contributed by atoms with Crippen molar-refractivity contribution in [3.05, 3.63) is 102 Å². The molecule has 1 amide bonds. The Hall–Kier alpha value is -3.77. The van der Waals surface area contributed by atoms with Gasteiger partial charge in [-0.3, -0.25) is 9.69 Å². The van der Waals surface area contributed by atoms with Gasteiger partial charge in [0.2, 0.25) is 5.95 Å². The SMILES string of the molecule is O=C(Nc1ccc(N(c2ccccn2)c2ncccn2)cc1)c1ccc(Cl)cc1. The van der Waals surface area contributed by atoms with Gasteiger partial charge < -0.3 is 5.32 Å². The third-order valence-corrected chi connectivity index (χ3v) is 4.37. The Kier molecular flexibility index (Phi) is 5.45. The molecule has 6 nitrogen and oxygen atoms in total.